The molecule has 0 radical (unpaired) electrons. The van der Waals surface area contributed by atoms with Gasteiger partial charge in [0.05, 0.1) is 17.0 Å². The maximum atomic E-state index is 12.0. The first-order valence-corrected chi connectivity index (χ1v) is 8.26. The largest absolute Gasteiger partial charge is 0.320 e. The summed E-state index contributed by atoms with van der Waals surface area (Å²) in [4.78, 5) is 4.24. The number of unbranched alkanes of at least 4 members (excludes halogenated alkanes) is 1. The zero-order valence-corrected chi connectivity index (χ0v) is 12.3. The minimum absolute atomic E-state index is 0.123. The van der Waals surface area contributed by atoms with Crippen LogP contribution in [0, 0.1) is 0 Å². The summed E-state index contributed by atoms with van der Waals surface area (Å²) >= 11 is 0. The van der Waals surface area contributed by atoms with Gasteiger partial charge in [-0.2, -0.15) is 0 Å². The van der Waals surface area contributed by atoms with Gasteiger partial charge >= 0.3 is 0 Å². The topological polar surface area (TPSA) is 71.1 Å². The molecule has 0 aliphatic carbocycles. The Kier molecular flexibility index (Phi) is 4.92. The second-order valence-electron chi connectivity index (χ2n) is 4.61. The van der Waals surface area contributed by atoms with Crippen LogP contribution in [0.15, 0.2) is 36.5 Å². The van der Waals surface area contributed by atoms with Crippen molar-refractivity contribution in [2.45, 2.75) is 12.8 Å². The van der Waals surface area contributed by atoms with E-state index in [1.165, 1.54) is 0 Å². The Morgan fingerprint density at radius 3 is 2.75 bits per heavy atom. The summed E-state index contributed by atoms with van der Waals surface area (Å²) in [5.74, 6) is 0.123. The Morgan fingerprint density at radius 1 is 1.15 bits per heavy atom. The number of hydrogen-bond donors (Lipinski definition) is 2. The van der Waals surface area contributed by atoms with E-state index in [9.17, 15) is 8.42 Å². The third-order valence-corrected chi connectivity index (χ3v) is 4.35. The van der Waals surface area contributed by atoms with Crippen LogP contribution in [0.25, 0.3) is 10.9 Å². The van der Waals surface area contributed by atoms with Gasteiger partial charge in [-0.1, -0.05) is 18.2 Å². The van der Waals surface area contributed by atoms with Gasteiger partial charge in [0, 0.05) is 11.6 Å². The smallest absolute Gasteiger partial charge is 0.232 e. The van der Waals surface area contributed by atoms with E-state index in [0.717, 1.165) is 18.4 Å². The maximum absolute atomic E-state index is 12.0. The molecule has 1 heterocycles. The summed E-state index contributed by atoms with van der Waals surface area (Å²) < 4.78 is 26.7. The number of rotatable bonds is 7. The van der Waals surface area contributed by atoms with E-state index in [1.54, 1.807) is 12.3 Å². The van der Waals surface area contributed by atoms with Crippen molar-refractivity contribution in [1.82, 2.24) is 10.3 Å². The summed E-state index contributed by atoms with van der Waals surface area (Å²) in [6, 6.07) is 9.21. The highest BCUT2D eigenvalue weighted by Gasteiger charge is 2.12. The highest BCUT2D eigenvalue weighted by molar-refractivity contribution is 7.92. The molecule has 0 saturated carbocycles. The van der Waals surface area contributed by atoms with E-state index in [1.807, 2.05) is 31.3 Å². The molecule has 1 aromatic heterocycles. The van der Waals surface area contributed by atoms with Gasteiger partial charge in [-0.25, -0.2) is 8.42 Å². The minimum atomic E-state index is -3.32. The molecular weight excluding hydrogens is 274 g/mol. The number of fused-ring (bicyclic) bond motifs is 1. The van der Waals surface area contributed by atoms with Crippen molar-refractivity contribution in [3.63, 3.8) is 0 Å². The third-order valence-electron chi connectivity index (χ3n) is 2.99. The Hall–Kier alpha value is -1.66. The molecule has 1 aromatic carbocycles. The number of aromatic nitrogens is 1. The number of sulfonamides is 1. The number of hydrogen-bond acceptors (Lipinski definition) is 4. The molecule has 0 bridgehead atoms. The number of pyridine rings is 1. The fraction of sp³-hybridized carbons (Fsp3) is 0.357. The Bertz CT molecular complexity index is 666. The van der Waals surface area contributed by atoms with Crippen LogP contribution in [0.5, 0.6) is 0 Å². The zero-order chi connectivity index (χ0) is 14.4. The maximum Gasteiger partial charge on any atom is 0.232 e. The van der Waals surface area contributed by atoms with Crippen LogP contribution in [-0.2, 0) is 10.0 Å². The molecule has 0 spiro atoms. The first-order chi connectivity index (χ1) is 9.62. The number of benzene rings is 1. The van der Waals surface area contributed by atoms with Gasteiger partial charge < -0.3 is 5.32 Å². The van der Waals surface area contributed by atoms with Crippen LogP contribution in [0.1, 0.15) is 12.8 Å². The summed E-state index contributed by atoms with van der Waals surface area (Å²) in [6.07, 6.45) is 3.13. The Balaban J connectivity index is 2.11. The van der Waals surface area contributed by atoms with Gasteiger partial charge in [-0.05, 0) is 38.6 Å². The molecule has 20 heavy (non-hydrogen) atoms. The lowest BCUT2D eigenvalue weighted by atomic mass is 10.2. The Morgan fingerprint density at radius 2 is 1.95 bits per heavy atom. The molecule has 2 N–H and O–H groups in total. The van der Waals surface area contributed by atoms with Crippen molar-refractivity contribution in [3.8, 4) is 0 Å². The van der Waals surface area contributed by atoms with Crippen molar-refractivity contribution in [2.75, 3.05) is 24.1 Å². The lowest BCUT2D eigenvalue weighted by molar-refractivity contribution is 0.595. The number of nitrogens with zero attached hydrogens (tertiary/aromatic N) is 1. The van der Waals surface area contributed by atoms with Gasteiger partial charge in [0.25, 0.3) is 0 Å². The predicted molar refractivity (Wildman–Crippen MR) is 82.3 cm³/mol. The van der Waals surface area contributed by atoms with Crippen molar-refractivity contribution in [2.24, 2.45) is 0 Å². The van der Waals surface area contributed by atoms with Gasteiger partial charge in [-0.15, -0.1) is 0 Å². The molecule has 0 fully saturated rings. The molecule has 0 atom stereocenters. The van der Waals surface area contributed by atoms with Crippen molar-refractivity contribution in [3.05, 3.63) is 36.5 Å². The van der Waals surface area contributed by atoms with Gasteiger partial charge in [0.2, 0.25) is 10.0 Å². The number of para-hydroxylation sites is 1. The minimum Gasteiger partial charge on any atom is -0.320 e. The van der Waals surface area contributed by atoms with Crippen molar-refractivity contribution in [1.29, 1.82) is 0 Å². The quantitative estimate of drug-likeness (QED) is 0.766. The fourth-order valence-electron chi connectivity index (χ4n) is 2.00. The van der Waals surface area contributed by atoms with Crippen LogP contribution < -0.4 is 10.0 Å². The molecule has 2 aromatic rings. The highest BCUT2D eigenvalue weighted by atomic mass is 32.2. The zero-order valence-electron chi connectivity index (χ0n) is 11.5. The molecular formula is C14H19N3O2S. The average molecular weight is 293 g/mol. The van der Waals surface area contributed by atoms with E-state index >= 15 is 0 Å². The lowest BCUT2D eigenvalue weighted by Gasteiger charge is -2.10. The molecule has 0 aliphatic rings. The summed E-state index contributed by atoms with van der Waals surface area (Å²) in [6.45, 7) is 0.825. The average Bonchev–Trinajstić information content (AvgIpc) is 2.44. The monoisotopic (exact) mass is 293 g/mol. The predicted octanol–water partition coefficient (Wildman–Crippen LogP) is 1.98. The van der Waals surface area contributed by atoms with Gasteiger partial charge in [0.15, 0.2) is 0 Å². The Labute approximate surface area is 119 Å². The fourth-order valence-corrected chi connectivity index (χ4v) is 3.18. The first kappa shape index (κ1) is 14.7. The first-order valence-electron chi connectivity index (χ1n) is 6.61. The summed E-state index contributed by atoms with van der Waals surface area (Å²) in [7, 11) is -1.47. The van der Waals surface area contributed by atoms with Crippen LogP contribution >= 0.6 is 0 Å². The van der Waals surface area contributed by atoms with Crippen LogP contribution in [-0.4, -0.2) is 32.7 Å². The van der Waals surface area contributed by atoms with Crippen molar-refractivity contribution < 1.29 is 8.42 Å². The molecule has 0 saturated heterocycles. The van der Waals surface area contributed by atoms with Crippen molar-refractivity contribution >= 4 is 26.6 Å². The molecule has 5 nitrogen and oxygen atoms in total. The summed E-state index contributed by atoms with van der Waals surface area (Å²) in [5, 5.41) is 3.92. The third kappa shape index (κ3) is 3.91. The standard InChI is InChI=1S/C14H19N3O2S/c1-15-9-2-3-11-20(18,19)17-13-8-4-6-12-7-5-10-16-14(12)13/h4-8,10,15,17H,2-3,9,11H2,1H3. The molecule has 0 aliphatic heterocycles. The second-order valence-corrected chi connectivity index (χ2v) is 6.45. The molecule has 6 heteroatoms. The normalized spacial score (nSPS) is 11.7. The van der Waals surface area contributed by atoms with E-state index < -0.39 is 10.0 Å². The van der Waals surface area contributed by atoms with E-state index in [4.69, 9.17) is 0 Å². The van der Waals surface area contributed by atoms with Gasteiger partial charge in [0.1, 0.15) is 0 Å². The second kappa shape index (κ2) is 6.67. The van der Waals surface area contributed by atoms with E-state index in [0.29, 0.717) is 17.6 Å². The van der Waals surface area contributed by atoms with E-state index in [2.05, 4.69) is 15.0 Å². The van der Waals surface area contributed by atoms with Crippen LogP contribution in [0.3, 0.4) is 0 Å². The lowest BCUT2D eigenvalue weighted by Crippen LogP contribution is -2.18. The number of nitrogens with one attached hydrogen (secondary N) is 2. The van der Waals surface area contributed by atoms with E-state index in [-0.39, 0.29) is 5.75 Å². The molecule has 2 rings (SSSR count). The molecule has 0 amide bonds. The van der Waals surface area contributed by atoms with Crippen LogP contribution in [0.4, 0.5) is 5.69 Å². The SMILES string of the molecule is CNCCCCS(=O)(=O)Nc1cccc2cccnc12. The van der Waals surface area contributed by atoms with Crippen LogP contribution in [0.2, 0.25) is 0 Å². The molecule has 108 valence electrons. The molecule has 0 unspecified atom stereocenters. The number of anilines is 1. The van der Waals surface area contributed by atoms with Gasteiger partial charge in [-0.3, -0.25) is 9.71 Å². The summed E-state index contributed by atoms with van der Waals surface area (Å²) in [5.41, 5.74) is 1.21. The highest BCUT2D eigenvalue weighted by Crippen LogP contribution is 2.21.